The Labute approximate surface area is 126 Å². The van der Waals surface area contributed by atoms with Crippen LogP contribution < -0.4 is 10.5 Å². The van der Waals surface area contributed by atoms with Gasteiger partial charge in [0.25, 0.3) is 0 Å². The molecule has 20 heavy (non-hydrogen) atoms. The first-order chi connectivity index (χ1) is 9.74. The lowest BCUT2D eigenvalue weighted by atomic mass is 10.1. The lowest BCUT2D eigenvalue weighted by Gasteiger charge is -2.05. The predicted octanol–water partition coefficient (Wildman–Crippen LogP) is 3.01. The van der Waals surface area contributed by atoms with Crippen LogP contribution in [0.4, 0.5) is 5.82 Å². The Morgan fingerprint density at radius 2 is 2.20 bits per heavy atom. The zero-order valence-electron chi connectivity index (χ0n) is 11.1. The summed E-state index contributed by atoms with van der Waals surface area (Å²) in [6.45, 7) is 0.793. The lowest BCUT2D eigenvalue weighted by Crippen LogP contribution is -1.96. The van der Waals surface area contributed by atoms with Crippen LogP contribution in [0, 0.1) is 0 Å². The number of aromatic nitrogens is 2. The molecule has 0 saturated carbocycles. The van der Waals surface area contributed by atoms with Crippen LogP contribution in [0.3, 0.4) is 0 Å². The number of anilines is 1. The fraction of sp³-hybridized carbons (Fsp3) is 0.286. The number of hydrogen-bond donors (Lipinski definition) is 1. The molecule has 3 rings (SSSR count). The monoisotopic (exact) mass is 305 g/mol. The zero-order chi connectivity index (χ0) is 13.9. The van der Waals surface area contributed by atoms with Gasteiger partial charge in [-0.2, -0.15) is 0 Å². The highest BCUT2D eigenvalue weighted by molar-refractivity contribution is 7.99. The second kappa shape index (κ2) is 5.93. The van der Waals surface area contributed by atoms with Crippen molar-refractivity contribution in [2.24, 2.45) is 0 Å². The first kappa shape index (κ1) is 13.6. The van der Waals surface area contributed by atoms with Crippen LogP contribution in [0.25, 0.3) is 0 Å². The van der Waals surface area contributed by atoms with Gasteiger partial charge in [-0.1, -0.05) is 23.9 Å². The molecule has 0 radical (unpaired) electrons. The van der Waals surface area contributed by atoms with Gasteiger partial charge in [-0.05, 0) is 23.4 Å². The highest BCUT2D eigenvalue weighted by atomic mass is 32.2. The standard InChI is InChI=1S/C14H15N3OS2/c1-19-13-7-12(15)16-14(17-13)20-8-9-2-3-11-10(6-9)4-5-18-11/h2-3,6-7H,4-5,8H2,1H3,(H2,15,16,17). The summed E-state index contributed by atoms with van der Waals surface area (Å²) in [6.07, 6.45) is 2.98. The first-order valence-electron chi connectivity index (χ1n) is 6.30. The van der Waals surface area contributed by atoms with Gasteiger partial charge < -0.3 is 10.5 Å². The van der Waals surface area contributed by atoms with Crippen molar-refractivity contribution in [2.75, 3.05) is 18.6 Å². The maximum atomic E-state index is 5.78. The number of ether oxygens (including phenoxy) is 1. The number of hydrogen-bond acceptors (Lipinski definition) is 6. The predicted molar refractivity (Wildman–Crippen MR) is 83.4 cm³/mol. The maximum Gasteiger partial charge on any atom is 0.190 e. The molecule has 1 aromatic heterocycles. The van der Waals surface area contributed by atoms with Crippen molar-refractivity contribution in [3.8, 4) is 5.75 Å². The molecule has 0 fully saturated rings. The number of thioether (sulfide) groups is 2. The molecule has 0 atom stereocenters. The van der Waals surface area contributed by atoms with Gasteiger partial charge in [-0.25, -0.2) is 9.97 Å². The molecule has 0 unspecified atom stereocenters. The third-order valence-corrected chi connectivity index (χ3v) is 4.58. The zero-order valence-corrected chi connectivity index (χ0v) is 12.8. The van der Waals surface area contributed by atoms with E-state index in [0.717, 1.165) is 34.7 Å². The van der Waals surface area contributed by atoms with E-state index >= 15 is 0 Å². The fourth-order valence-corrected chi connectivity index (χ4v) is 3.35. The molecule has 1 aliphatic heterocycles. The van der Waals surface area contributed by atoms with E-state index in [0.29, 0.717) is 5.82 Å². The molecule has 2 aromatic rings. The summed E-state index contributed by atoms with van der Waals surface area (Å²) in [4.78, 5) is 8.71. The summed E-state index contributed by atoms with van der Waals surface area (Å²) in [6, 6.07) is 8.14. The highest BCUT2D eigenvalue weighted by Crippen LogP contribution is 2.29. The summed E-state index contributed by atoms with van der Waals surface area (Å²) in [5.41, 5.74) is 8.34. The Morgan fingerprint density at radius 3 is 3.05 bits per heavy atom. The molecule has 0 saturated heterocycles. The van der Waals surface area contributed by atoms with Crippen molar-refractivity contribution >= 4 is 29.3 Å². The second-order valence-electron chi connectivity index (χ2n) is 4.45. The minimum absolute atomic E-state index is 0.522. The number of rotatable bonds is 4. The summed E-state index contributed by atoms with van der Waals surface area (Å²) in [5, 5.41) is 1.63. The molecular weight excluding hydrogens is 290 g/mol. The third-order valence-electron chi connectivity index (χ3n) is 3.03. The SMILES string of the molecule is CSc1cc(N)nc(SCc2ccc3c(c2)CCO3)n1. The first-order valence-corrected chi connectivity index (χ1v) is 8.51. The van der Waals surface area contributed by atoms with Gasteiger partial charge in [-0.15, -0.1) is 11.8 Å². The normalized spacial score (nSPS) is 13.1. The number of benzene rings is 1. The van der Waals surface area contributed by atoms with Crippen molar-refractivity contribution in [1.29, 1.82) is 0 Å². The average Bonchev–Trinajstić information content (AvgIpc) is 2.92. The average molecular weight is 305 g/mol. The van der Waals surface area contributed by atoms with Gasteiger partial charge in [0, 0.05) is 18.2 Å². The molecule has 0 aliphatic carbocycles. The molecular formula is C14H15N3OS2. The van der Waals surface area contributed by atoms with Gasteiger partial charge in [0.2, 0.25) is 0 Å². The topological polar surface area (TPSA) is 61.0 Å². The molecule has 2 N–H and O–H groups in total. The van der Waals surface area contributed by atoms with Crippen LogP contribution in [-0.4, -0.2) is 22.8 Å². The third kappa shape index (κ3) is 3.02. The Hall–Kier alpha value is -1.40. The summed E-state index contributed by atoms with van der Waals surface area (Å²) < 4.78 is 5.51. The number of nitrogens with two attached hydrogens (primary N) is 1. The summed E-state index contributed by atoms with van der Waals surface area (Å²) in [5.74, 6) is 2.38. The van der Waals surface area contributed by atoms with Crippen LogP contribution in [0.1, 0.15) is 11.1 Å². The maximum absolute atomic E-state index is 5.78. The van der Waals surface area contributed by atoms with E-state index in [1.807, 2.05) is 12.3 Å². The molecule has 0 spiro atoms. The van der Waals surface area contributed by atoms with E-state index in [9.17, 15) is 0 Å². The van der Waals surface area contributed by atoms with Crippen molar-refractivity contribution in [1.82, 2.24) is 9.97 Å². The van der Waals surface area contributed by atoms with Crippen LogP contribution in [-0.2, 0) is 12.2 Å². The van der Waals surface area contributed by atoms with Crippen LogP contribution in [0.2, 0.25) is 0 Å². The Morgan fingerprint density at radius 1 is 1.30 bits per heavy atom. The summed E-state index contributed by atoms with van der Waals surface area (Å²) in [7, 11) is 0. The van der Waals surface area contributed by atoms with Gasteiger partial charge in [-0.3, -0.25) is 0 Å². The Kier molecular flexibility index (Phi) is 4.03. The van der Waals surface area contributed by atoms with Gasteiger partial charge in [0.15, 0.2) is 5.16 Å². The number of nitrogens with zero attached hydrogens (tertiary/aromatic N) is 2. The lowest BCUT2D eigenvalue weighted by molar-refractivity contribution is 0.357. The quantitative estimate of drug-likeness (QED) is 0.532. The molecule has 1 aromatic carbocycles. The molecule has 0 amide bonds. The van der Waals surface area contributed by atoms with Crippen molar-refractivity contribution in [2.45, 2.75) is 22.4 Å². The van der Waals surface area contributed by atoms with Gasteiger partial charge in [0.05, 0.1) is 6.61 Å². The van der Waals surface area contributed by atoms with Crippen LogP contribution in [0.5, 0.6) is 5.75 Å². The largest absolute Gasteiger partial charge is 0.493 e. The van der Waals surface area contributed by atoms with Crippen molar-refractivity contribution in [3.05, 3.63) is 35.4 Å². The van der Waals surface area contributed by atoms with Crippen LogP contribution in [0.15, 0.2) is 34.4 Å². The van der Waals surface area contributed by atoms with E-state index in [1.165, 1.54) is 11.1 Å². The number of fused-ring (bicyclic) bond motifs is 1. The van der Waals surface area contributed by atoms with Gasteiger partial charge in [0.1, 0.15) is 16.6 Å². The number of nitrogen functional groups attached to an aromatic ring is 1. The minimum Gasteiger partial charge on any atom is -0.493 e. The molecule has 104 valence electrons. The molecule has 0 bridgehead atoms. The second-order valence-corrected chi connectivity index (χ2v) is 6.22. The summed E-state index contributed by atoms with van der Waals surface area (Å²) >= 11 is 3.18. The fourth-order valence-electron chi connectivity index (χ4n) is 2.07. The minimum atomic E-state index is 0.522. The molecule has 6 heteroatoms. The molecule has 1 aliphatic rings. The Balaban J connectivity index is 1.71. The molecule has 4 nitrogen and oxygen atoms in total. The van der Waals surface area contributed by atoms with Crippen molar-refractivity contribution < 1.29 is 4.74 Å². The van der Waals surface area contributed by atoms with E-state index in [1.54, 1.807) is 29.6 Å². The van der Waals surface area contributed by atoms with Crippen molar-refractivity contribution in [3.63, 3.8) is 0 Å². The Bertz CT molecular complexity index is 634. The van der Waals surface area contributed by atoms with Gasteiger partial charge >= 0.3 is 0 Å². The van der Waals surface area contributed by atoms with Crippen LogP contribution >= 0.6 is 23.5 Å². The smallest absolute Gasteiger partial charge is 0.190 e. The highest BCUT2D eigenvalue weighted by Gasteiger charge is 2.12. The van der Waals surface area contributed by atoms with E-state index in [2.05, 4.69) is 22.1 Å². The van der Waals surface area contributed by atoms with E-state index in [4.69, 9.17) is 10.5 Å². The van der Waals surface area contributed by atoms with E-state index < -0.39 is 0 Å². The molecule has 2 heterocycles. The van der Waals surface area contributed by atoms with E-state index in [-0.39, 0.29) is 0 Å².